The zero-order valence-corrected chi connectivity index (χ0v) is 14.0. The minimum absolute atomic E-state index is 0.0385. The lowest BCUT2D eigenvalue weighted by Gasteiger charge is -2.20. The number of benzene rings is 1. The molecule has 0 saturated heterocycles. The predicted molar refractivity (Wildman–Crippen MR) is 85.2 cm³/mol. The third kappa shape index (κ3) is 3.66. The first-order chi connectivity index (χ1) is 10.1. The molecule has 0 amide bonds. The van der Waals surface area contributed by atoms with Crippen LogP contribution in [0.5, 0.6) is 11.5 Å². The van der Waals surface area contributed by atoms with E-state index in [1.54, 1.807) is 11.8 Å². The maximum Gasteiger partial charge on any atom is 0.303 e. The summed E-state index contributed by atoms with van der Waals surface area (Å²) in [6.45, 7) is 1.17. The molecule has 114 valence electrons. The van der Waals surface area contributed by atoms with Crippen molar-refractivity contribution in [1.82, 2.24) is 0 Å². The van der Waals surface area contributed by atoms with Crippen molar-refractivity contribution in [3.8, 4) is 11.5 Å². The molecule has 0 bridgehead atoms. The standard InChI is InChI=1S/C15H17BrO4S/c16-11-6-13-12(19-3-4-20-13)5-10(11)8-21-9-15(1-2-15)7-14(17)18/h5-6H,1-4,7-9H2,(H,17,18). The Hall–Kier alpha value is -0.880. The lowest BCUT2D eigenvalue weighted by Crippen LogP contribution is -2.15. The zero-order chi connectivity index (χ0) is 14.9. The number of aliphatic carboxylic acids is 1. The molecule has 1 fully saturated rings. The Balaban J connectivity index is 1.59. The highest BCUT2D eigenvalue weighted by atomic mass is 79.9. The first-order valence-electron chi connectivity index (χ1n) is 6.96. The quantitative estimate of drug-likeness (QED) is 0.824. The van der Waals surface area contributed by atoms with Crippen molar-refractivity contribution >= 4 is 33.7 Å². The number of carbonyl (C=O) groups is 1. The molecule has 3 rings (SSSR count). The number of fused-ring (bicyclic) bond motifs is 1. The fourth-order valence-corrected chi connectivity index (χ4v) is 4.50. The fraction of sp³-hybridized carbons (Fsp3) is 0.533. The van der Waals surface area contributed by atoms with Crippen LogP contribution < -0.4 is 9.47 Å². The van der Waals surface area contributed by atoms with Crippen LogP contribution >= 0.6 is 27.7 Å². The summed E-state index contributed by atoms with van der Waals surface area (Å²) >= 11 is 5.36. The summed E-state index contributed by atoms with van der Waals surface area (Å²) in [6.07, 6.45) is 2.37. The highest BCUT2D eigenvalue weighted by Gasteiger charge is 2.44. The molecule has 1 heterocycles. The van der Waals surface area contributed by atoms with Crippen molar-refractivity contribution in [2.24, 2.45) is 5.41 Å². The average molecular weight is 373 g/mol. The summed E-state index contributed by atoms with van der Waals surface area (Å²) in [6, 6.07) is 3.97. The average Bonchev–Trinajstić information content (AvgIpc) is 3.18. The van der Waals surface area contributed by atoms with E-state index in [-0.39, 0.29) is 5.41 Å². The van der Waals surface area contributed by atoms with Crippen LogP contribution in [-0.4, -0.2) is 30.0 Å². The zero-order valence-electron chi connectivity index (χ0n) is 11.6. The second-order valence-electron chi connectivity index (χ2n) is 5.65. The highest BCUT2D eigenvalue weighted by Crippen LogP contribution is 2.51. The Morgan fingerprint density at radius 3 is 2.57 bits per heavy atom. The fourth-order valence-electron chi connectivity index (χ4n) is 2.46. The normalized spacial score (nSPS) is 18.3. The van der Waals surface area contributed by atoms with Gasteiger partial charge in [0.25, 0.3) is 0 Å². The van der Waals surface area contributed by atoms with Crippen molar-refractivity contribution in [3.05, 3.63) is 22.2 Å². The largest absolute Gasteiger partial charge is 0.486 e. The summed E-state index contributed by atoms with van der Waals surface area (Å²) in [7, 11) is 0. The van der Waals surface area contributed by atoms with Crippen LogP contribution in [0.2, 0.25) is 0 Å². The van der Waals surface area contributed by atoms with Crippen LogP contribution in [0, 0.1) is 5.41 Å². The Kier molecular flexibility index (Phi) is 4.36. The van der Waals surface area contributed by atoms with E-state index >= 15 is 0 Å². The maximum absolute atomic E-state index is 10.9. The number of halogens is 1. The van der Waals surface area contributed by atoms with Gasteiger partial charge in [0.2, 0.25) is 0 Å². The van der Waals surface area contributed by atoms with Crippen LogP contribution in [0.15, 0.2) is 16.6 Å². The van der Waals surface area contributed by atoms with Gasteiger partial charge in [-0.3, -0.25) is 4.79 Å². The number of thioether (sulfide) groups is 1. The minimum atomic E-state index is -0.686. The van der Waals surface area contributed by atoms with Crippen molar-refractivity contribution in [2.45, 2.75) is 25.0 Å². The van der Waals surface area contributed by atoms with Crippen LogP contribution in [0.1, 0.15) is 24.8 Å². The predicted octanol–water partition coefficient (Wildman–Crippen LogP) is 3.71. The molecular formula is C15H17BrO4S. The topological polar surface area (TPSA) is 55.8 Å². The van der Waals surface area contributed by atoms with Crippen molar-refractivity contribution in [1.29, 1.82) is 0 Å². The molecule has 0 radical (unpaired) electrons. The van der Waals surface area contributed by atoms with E-state index < -0.39 is 5.97 Å². The van der Waals surface area contributed by atoms with E-state index in [4.69, 9.17) is 14.6 Å². The summed E-state index contributed by atoms with van der Waals surface area (Å²) in [4.78, 5) is 10.9. The Morgan fingerprint density at radius 1 is 1.29 bits per heavy atom. The molecular weight excluding hydrogens is 356 g/mol. The smallest absolute Gasteiger partial charge is 0.303 e. The van der Waals surface area contributed by atoms with Gasteiger partial charge in [0, 0.05) is 10.2 Å². The van der Waals surface area contributed by atoms with Crippen molar-refractivity contribution in [2.75, 3.05) is 19.0 Å². The van der Waals surface area contributed by atoms with E-state index in [0.29, 0.717) is 19.6 Å². The van der Waals surface area contributed by atoms with E-state index in [0.717, 1.165) is 45.9 Å². The van der Waals surface area contributed by atoms with Gasteiger partial charge in [0.15, 0.2) is 11.5 Å². The van der Waals surface area contributed by atoms with Gasteiger partial charge in [0.1, 0.15) is 13.2 Å². The van der Waals surface area contributed by atoms with E-state index in [2.05, 4.69) is 15.9 Å². The van der Waals surface area contributed by atoms with Gasteiger partial charge >= 0.3 is 5.97 Å². The Morgan fingerprint density at radius 2 is 1.95 bits per heavy atom. The number of ether oxygens (including phenoxy) is 2. The molecule has 1 N–H and O–H groups in total. The second-order valence-corrected chi connectivity index (χ2v) is 7.49. The molecule has 2 aliphatic rings. The van der Waals surface area contributed by atoms with Gasteiger partial charge < -0.3 is 14.6 Å². The second kappa shape index (κ2) is 6.08. The molecule has 1 saturated carbocycles. The molecule has 0 unspecified atom stereocenters. The molecule has 1 aliphatic heterocycles. The molecule has 0 aromatic heterocycles. The van der Waals surface area contributed by atoms with E-state index in [9.17, 15) is 4.79 Å². The summed E-state index contributed by atoms with van der Waals surface area (Å²) in [5, 5.41) is 8.93. The first-order valence-corrected chi connectivity index (χ1v) is 8.90. The van der Waals surface area contributed by atoms with Crippen molar-refractivity contribution in [3.63, 3.8) is 0 Å². The molecule has 1 aromatic carbocycles. The minimum Gasteiger partial charge on any atom is -0.486 e. The molecule has 6 heteroatoms. The lowest BCUT2D eigenvalue weighted by molar-refractivity contribution is -0.138. The first kappa shape index (κ1) is 15.0. The molecule has 0 spiro atoms. The highest BCUT2D eigenvalue weighted by molar-refractivity contribution is 9.10. The molecule has 4 nitrogen and oxygen atoms in total. The molecule has 1 aromatic rings. The third-order valence-corrected chi connectivity index (χ3v) is 5.93. The summed E-state index contributed by atoms with van der Waals surface area (Å²) in [5.74, 6) is 2.64. The van der Waals surface area contributed by atoms with Gasteiger partial charge in [-0.15, -0.1) is 0 Å². The third-order valence-electron chi connectivity index (χ3n) is 3.86. The van der Waals surface area contributed by atoms with E-state index in [1.807, 2.05) is 12.1 Å². The lowest BCUT2D eigenvalue weighted by atomic mass is 10.1. The van der Waals surface area contributed by atoms with Gasteiger partial charge in [-0.25, -0.2) is 0 Å². The maximum atomic E-state index is 10.9. The van der Waals surface area contributed by atoms with Gasteiger partial charge in [-0.05, 0) is 41.7 Å². The van der Waals surface area contributed by atoms with Crippen molar-refractivity contribution < 1.29 is 19.4 Å². The summed E-state index contributed by atoms with van der Waals surface area (Å²) < 4.78 is 12.2. The van der Waals surface area contributed by atoms with Gasteiger partial charge in [-0.1, -0.05) is 15.9 Å². The number of carboxylic acid groups (broad SMARTS) is 1. The van der Waals surface area contributed by atoms with Crippen LogP contribution in [-0.2, 0) is 10.5 Å². The Bertz CT molecular complexity index is 557. The van der Waals surface area contributed by atoms with Crippen LogP contribution in [0.3, 0.4) is 0 Å². The number of rotatable bonds is 6. The number of carboxylic acids is 1. The number of hydrogen-bond acceptors (Lipinski definition) is 4. The molecule has 21 heavy (non-hydrogen) atoms. The SMILES string of the molecule is O=C(O)CC1(CSCc2cc3c(cc2Br)OCCO3)CC1. The van der Waals surface area contributed by atoms with Gasteiger partial charge in [-0.2, -0.15) is 11.8 Å². The molecule has 1 aliphatic carbocycles. The summed E-state index contributed by atoms with van der Waals surface area (Å²) in [5.41, 5.74) is 1.20. The van der Waals surface area contributed by atoms with Crippen LogP contribution in [0.25, 0.3) is 0 Å². The Labute approximate surface area is 136 Å². The van der Waals surface area contributed by atoms with Gasteiger partial charge in [0.05, 0.1) is 6.42 Å². The van der Waals surface area contributed by atoms with Crippen LogP contribution in [0.4, 0.5) is 0 Å². The number of hydrogen-bond donors (Lipinski definition) is 1. The monoisotopic (exact) mass is 372 g/mol. The molecule has 0 atom stereocenters. The van der Waals surface area contributed by atoms with E-state index in [1.165, 1.54) is 0 Å².